The van der Waals surface area contributed by atoms with E-state index in [0.29, 0.717) is 24.3 Å². The number of rotatable bonds is 4. The van der Waals surface area contributed by atoms with Gasteiger partial charge in [0.25, 0.3) is 0 Å². The molecule has 1 unspecified atom stereocenters. The van der Waals surface area contributed by atoms with Crippen LogP contribution >= 0.6 is 15.9 Å². The van der Waals surface area contributed by atoms with Gasteiger partial charge in [0.2, 0.25) is 10.0 Å². The van der Waals surface area contributed by atoms with E-state index >= 15 is 0 Å². The third kappa shape index (κ3) is 3.50. The summed E-state index contributed by atoms with van der Waals surface area (Å²) in [7, 11) is -3.13. The highest BCUT2D eigenvalue weighted by Gasteiger charge is 2.29. The third-order valence-electron chi connectivity index (χ3n) is 2.83. The van der Waals surface area contributed by atoms with Crippen LogP contribution in [0.3, 0.4) is 0 Å². The fourth-order valence-corrected chi connectivity index (χ4v) is 4.11. The molecule has 1 fully saturated rings. The summed E-state index contributed by atoms with van der Waals surface area (Å²) < 4.78 is 25.6. The van der Waals surface area contributed by atoms with Crippen molar-refractivity contribution >= 4 is 26.0 Å². The maximum Gasteiger partial charge on any atom is 0.214 e. The van der Waals surface area contributed by atoms with Crippen molar-refractivity contribution in [3.63, 3.8) is 0 Å². The maximum absolute atomic E-state index is 12.0. The van der Waals surface area contributed by atoms with E-state index in [9.17, 15) is 8.42 Å². The van der Waals surface area contributed by atoms with Crippen LogP contribution in [-0.4, -0.2) is 41.4 Å². The standard InChI is InChI=1S/C11H15BrN2O2S/c12-10-4-7-14(9-10)17(15,16)8-5-11-3-1-2-6-13-11/h1-3,6,10H,4-5,7-9H2. The molecule has 0 aliphatic carbocycles. The summed E-state index contributed by atoms with van der Waals surface area (Å²) in [5.41, 5.74) is 0.825. The predicted molar refractivity (Wildman–Crippen MR) is 70.6 cm³/mol. The first kappa shape index (κ1) is 13.0. The summed E-state index contributed by atoms with van der Waals surface area (Å²) in [5, 5.41) is 0. The molecule has 0 amide bonds. The Bertz CT molecular complexity index is 464. The number of hydrogen-bond acceptors (Lipinski definition) is 3. The van der Waals surface area contributed by atoms with Crippen LogP contribution in [0.25, 0.3) is 0 Å². The predicted octanol–water partition coefficient (Wildman–Crippen LogP) is 1.42. The lowest BCUT2D eigenvalue weighted by molar-refractivity contribution is 0.478. The summed E-state index contributed by atoms with van der Waals surface area (Å²) in [6.07, 6.45) is 3.06. The van der Waals surface area contributed by atoms with Crippen LogP contribution in [-0.2, 0) is 16.4 Å². The molecule has 0 radical (unpaired) electrons. The van der Waals surface area contributed by atoms with Gasteiger partial charge in [0, 0.05) is 36.2 Å². The van der Waals surface area contributed by atoms with Gasteiger partial charge in [-0.3, -0.25) is 4.98 Å². The van der Waals surface area contributed by atoms with E-state index in [0.717, 1.165) is 12.1 Å². The minimum Gasteiger partial charge on any atom is -0.261 e. The summed E-state index contributed by atoms with van der Waals surface area (Å²) in [6.45, 7) is 1.21. The van der Waals surface area contributed by atoms with Gasteiger partial charge in [0.05, 0.1) is 5.75 Å². The number of alkyl halides is 1. The van der Waals surface area contributed by atoms with Crippen molar-refractivity contribution < 1.29 is 8.42 Å². The average molecular weight is 319 g/mol. The zero-order valence-corrected chi connectivity index (χ0v) is 11.8. The number of aryl methyl sites for hydroxylation is 1. The number of sulfonamides is 1. The number of halogens is 1. The van der Waals surface area contributed by atoms with Crippen LogP contribution < -0.4 is 0 Å². The molecule has 0 spiro atoms. The quantitative estimate of drug-likeness (QED) is 0.789. The highest BCUT2D eigenvalue weighted by Crippen LogP contribution is 2.20. The Morgan fingerprint density at radius 3 is 2.88 bits per heavy atom. The van der Waals surface area contributed by atoms with Crippen molar-refractivity contribution in [3.8, 4) is 0 Å². The molecule has 4 nitrogen and oxygen atoms in total. The van der Waals surface area contributed by atoms with Crippen LogP contribution in [0.4, 0.5) is 0 Å². The molecule has 0 saturated carbocycles. The van der Waals surface area contributed by atoms with Crippen LogP contribution in [0.1, 0.15) is 12.1 Å². The minimum atomic E-state index is -3.13. The number of aromatic nitrogens is 1. The fraction of sp³-hybridized carbons (Fsp3) is 0.545. The van der Waals surface area contributed by atoms with E-state index in [2.05, 4.69) is 20.9 Å². The van der Waals surface area contributed by atoms with Gasteiger partial charge in [-0.05, 0) is 18.6 Å². The third-order valence-corrected chi connectivity index (χ3v) is 5.42. The Morgan fingerprint density at radius 2 is 2.29 bits per heavy atom. The zero-order valence-electron chi connectivity index (χ0n) is 9.42. The molecule has 1 saturated heterocycles. The molecule has 2 rings (SSSR count). The molecular weight excluding hydrogens is 304 g/mol. The molecule has 0 bridgehead atoms. The monoisotopic (exact) mass is 318 g/mol. The second kappa shape index (κ2) is 5.46. The molecular formula is C11H15BrN2O2S. The number of nitrogens with zero attached hydrogens (tertiary/aromatic N) is 2. The van der Waals surface area contributed by atoms with Gasteiger partial charge in [0.1, 0.15) is 0 Å². The van der Waals surface area contributed by atoms with Gasteiger partial charge in [-0.1, -0.05) is 22.0 Å². The van der Waals surface area contributed by atoms with Gasteiger partial charge in [-0.15, -0.1) is 0 Å². The largest absolute Gasteiger partial charge is 0.261 e. The van der Waals surface area contributed by atoms with Crippen LogP contribution in [0.5, 0.6) is 0 Å². The maximum atomic E-state index is 12.0. The average Bonchev–Trinajstić information content (AvgIpc) is 2.76. The Morgan fingerprint density at radius 1 is 1.47 bits per heavy atom. The minimum absolute atomic E-state index is 0.143. The first-order valence-corrected chi connectivity index (χ1v) is 8.12. The SMILES string of the molecule is O=S(=O)(CCc1ccccn1)N1CCC(Br)C1. The molecule has 0 N–H and O–H groups in total. The first-order valence-electron chi connectivity index (χ1n) is 5.60. The molecule has 17 heavy (non-hydrogen) atoms. The summed E-state index contributed by atoms with van der Waals surface area (Å²) in [5.74, 6) is 0.143. The van der Waals surface area contributed by atoms with Crippen LogP contribution in [0.15, 0.2) is 24.4 Å². The van der Waals surface area contributed by atoms with E-state index in [1.54, 1.807) is 10.5 Å². The highest BCUT2D eigenvalue weighted by atomic mass is 79.9. The molecule has 1 aromatic heterocycles. The Balaban J connectivity index is 1.94. The molecule has 1 aliphatic rings. The Hall–Kier alpha value is -0.460. The van der Waals surface area contributed by atoms with Crippen molar-refractivity contribution in [1.29, 1.82) is 0 Å². The topological polar surface area (TPSA) is 50.3 Å². The molecule has 0 aromatic carbocycles. The second-order valence-corrected chi connectivity index (χ2v) is 7.51. The summed E-state index contributed by atoms with van der Waals surface area (Å²) in [4.78, 5) is 4.43. The zero-order chi connectivity index (χ0) is 12.3. The van der Waals surface area contributed by atoms with Crippen LogP contribution in [0, 0.1) is 0 Å². The van der Waals surface area contributed by atoms with Crippen molar-refractivity contribution in [3.05, 3.63) is 30.1 Å². The van der Waals surface area contributed by atoms with Crippen molar-refractivity contribution in [2.75, 3.05) is 18.8 Å². The van der Waals surface area contributed by atoms with E-state index in [1.807, 2.05) is 18.2 Å². The second-order valence-electron chi connectivity index (χ2n) is 4.13. The lowest BCUT2D eigenvalue weighted by atomic mass is 10.3. The van der Waals surface area contributed by atoms with Gasteiger partial charge >= 0.3 is 0 Å². The van der Waals surface area contributed by atoms with Crippen molar-refractivity contribution in [2.24, 2.45) is 0 Å². The van der Waals surface area contributed by atoms with E-state index in [4.69, 9.17) is 0 Å². The van der Waals surface area contributed by atoms with Crippen LogP contribution in [0.2, 0.25) is 0 Å². The first-order chi connectivity index (χ1) is 8.08. The molecule has 6 heteroatoms. The Labute approximate surface area is 110 Å². The molecule has 1 aliphatic heterocycles. The Kier molecular flexibility index (Phi) is 4.17. The van der Waals surface area contributed by atoms with Gasteiger partial charge in [0.15, 0.2) is 0 Å². The smallest absolute Gasteiger partial charge is 0.214 e. The van der Waals surface area contributed by atoms with Gasteiger partial charge in [-0.25, -0.2) is 12.7 Å². The number of hydrogen-bond donors (Lipinski definition) is 0. The fourth-order valence-electron chi connectivity index (χ4n) is 1.85. The lowest BCUT2D eigenvalue weighted by Crippen LogP contribution is -2.31. The summed E-state index contributed by atoms with van der Waals surface area (Å²) in [6, 6.07) is 5.56. The van der Waals surface area contributed by atoms with Crippen molar-refractivity contribution in [2.45, 2.75) is 17.7 Å². The highest BCUT2D eigenvalue weighted by molar-refractivity contribution is 9.09. The normalized spacial score (nSPS) is 21.8. The molecule has 94 valence electrons. The molecule has 1 aromatic rings. The molecule has 2 heterocycles. The van der Waals surface area contributed by atoms with Crippen molar-refractivity contribution in [1.82, 2.24) is 9.29 Å². The molecule has 1 atom stereocenters. The van der Waals surface area contributed by atoms with Gasteiger partial charge in [-0.2, -0.15) is 0 Å². The van der Waals surface area contributed by atoms with E-state index in [1.165, 1.54) is 0 Å². The van der Waals surface area contributed by atoms with E-state index in [-0.39, 0.29) is 5.75 Å². The number of pyridine rings is 1. The summed E-state index contributed by atoms with van der Waals surface area (Å²) >= 11 is 3.45. The lowest BCUT2D eigenvalue weighted by Gasteiger charge is -2.15. The van der Waals surface area contributed by atoms with E-state index < -0.39 is 10.0 Å². The van der Waals surface area contributed by atoms with Gasteiger partial charge < -0.3 is 0 Å².